The molecule has 0 amide bonds. The van der Waals surface area contributed by atoms with Gasteiger partial charge in [-0.3, -0.25) is 4.79 Å². The van der Waals surface area contributed by atoms with Gasteiger partial charge >= 0.3 is 5.97 Å². The normalized spacial score (nSPS) is 10.1. The first-order chi connectivity index (χ1) is 7.04. The minimum Gasteiger partial charge on any atom is -0.466 e. The lowest BCUT2D eigenvalue weighted by atomic mass is 10.1. The smallest absolute Gasteiger partial charge is 0.310 e. The molecule has 0 saturated heterocycles. The number of aryl methyl sites for hydroxylation is 1. The summed E-state index contributed by atoms with van der Waals surface area (Å²) in [6.45, 7) is 4.04. The first-order valence-electron chi connectivity index (χ1n) is 4.74. The Morgan fingerprint density at radius 3 is 2.80 bits per heavy atom. The zero-order chi connectivity index (χ0) is 11.4. The maximum absolute atomic E-state index is 11.3. The first-order valence-corrected chi connectivity index (χ1v) is 5.12. The van der Waals surface area contributed by atoms with Gasteiger partial charge < -0.3 is 10.5 Å². The molecule has 1 aromatic rings. The number of hydrogen-bond donors (Lipinski definition) is 1. The van der Waals surface area contributed by atoms with Crippen molar-refractivity contribution in [3.05, 3.63) is 28.3 Å². The molecule has 0 aliphatic rings. The molecule has 82 valence electrons. The molecule has 0 aliphatic carbocycles. The van der Waals surface area contributed by atoms with Gasteiger partial charge in [0.25, 0.3) is 0 Å². The second kappa shape index (κ2) is 5.03. The van der Waals surface area contributed by atoms with Crippen molar-refractivity contribution in [1.82, 2.24) is 0 Å². The molecule has 0 aromatic heterocycles. The highest BCUT2D eigenvalue weighted by Crippen LogP contribution is 2.25. The Balaban J connectivity index is 2.89. The van der Waals surface area contributed by atoms with E-state index in [2.05, 4.69) is 0 Å². The van der Waals surface area contributed by atoms with E-state index in [4.69, 9.17) is 22.1 Å². The van der Waals surface area contributed by atoms with Crippen LogP contribution in [-0.4, -0.2) is 12.6 Å². The summed E-state index contributed by atoms with van der Waals surface area (Å²) in [6, 6.07) is 3.61. The standard InChI is InChI=1S/C11H14ClNO2/c1-3-15-10(14)6-8-4-7(2)5-9(12)11(8)13/h4-5H,3,6,13H2,1-2H3. The topological polar surface area (TPSA) is 52.3 Å². The van der Waals surface area contributed by atoms with Crippen LogP contribution in [-0.2, 0) is 16.0 Å². The lowest BCUT2D eigenvalue weighted by Crippen LogP contribution is -2.09. The SMILES string of the molecule is CCOC(=O)Cc1cc(C)cc(Cl)c1N. The van der Waals surface area contributed by atoms with Crippen molar-refractivity contribution in [3.63, 3.8) is 0 Å². The molecule has 0 aliphatic heterocycles. The molecule has 0 spiro atoms. The number of carbonyl (C=O) groups is 1. The third-order valence-electron chi connectivity index (χ3n) is 2.00. The summed E-state index contributed by atoms with van der Waals surface area (Å²) in [5.74, 6) is -0.286. The third kappa shape index (κ3) is 3.13. The Hall–Kier alpha value is -1.22. The molecule has 1 aromatic carbocycles. The Morgan fingerprint density at radius 1 is 1.53 bits per heavy atom. The van der Waals surface area contributed by atoms with Gasteiger partial charge in [0.2, 0.25) is 0 Å². The number of nitrogens with two attached hydrogens (primary N) is 1. The molecule has 0 radical (unpaired) electrons. The van der Waals surface area contributed by atoms with Crippen molar-refractivity contribution in [1.29, 1.82) is 0 Å². The zero-order valence-corrected chi connectivity index (χ0v) is 9.60. The van der Waals surface area contributed by atoms with Crippen LogP contribution in [0.2, 0.25) is 5.02 Å². The molecule has 4 heteroatoms. The first kappa shape index (κ1) is 11.9. The van der Waals surface area contributed by atoms with Crippen LogP contribution in [0.5, 0.6) is 0 Å². The quantitative estimate of drug-likeness (QED) is 0.637. The lowest BCUT2D eigenvalue weighted by Gasteiger charge is -2.08. The van der Waals surface area contributed by atoms with Crippen LogP contribution >= 0.6 is 11.6 Å². The second-order valence-electron chi connectivity index (χ2n) is 3.30. The molecule has 0 saturated carbocycles. The van der Waals surface area contributed by atoms with Crippen molar-refractivity contribution < 1.29 is 9.53 Å². The fourth-order valence-corrected chi connectivity index (χ4v) is 1.63. The van der Waals surface area contributed by atoms with Crippen LogP contribution in [0, 0.1) is 6.92 Å². The van der Waals surface area contributed by atoms with E-state index < -0.39 is 0 Å². The van der Waals surface area contributed by atoms with E-state index in [1.54, 1.807) is 13.0 Å². The van der Waals surface area contributed by atoms with E-state index in [0.717, 1.165) is 11.1 Å². The molecular formula is C11H14ClNO2. The van der Waals surface area contributed by atoms with E-state index in [0.29, 0.717) is 17.3 Å². The van der Waals surface area contributed by atoms with Crippen LogP contribution < -0.4 is 5.73 Å². The number of hydrogen-bond acceptors (Lipinski definition) is 3. The number of rotatable bonds is 3. The molecule has 0 heterocycles. The van der Waals surface area contributed by atoms with Gasteiger partial charge in [-0.25, -0.2) is 0 Å². The molecule has 0 bridgehead atoms. The second-order valence-corrected chi connectivity index (χ2v) is 3.71. The number of halogens is 1. The molecule has 0 unspecified atom stereocenters. The van der Waals surface area contributed by atoms with Crippen molar-refractivity contribution in [2.24, 2.45) is 0 Å². The lowest BCUT2D eigenvalue weighted by molar-refractivity contribution is -0.142. The minimum atomic E-state index is -0.286. The van der Waals surface area contributed by atoms with Crippen LogP contribution in [0.3, 0.4) is 0 Å². The summed E-state index contributed by atoms with van der Waals surface area (Å²) in [4.78, 5) is 11.3. The fraction of sp³-hybridized carbons (Fsp3) is 0.364. The monoisotopic (exact) mass is 227 g/mol. The Kier molecular flexibility index (Phi) is 3.97. The van der Waals surface area contributed by atoms with Crippen LogP contribution in [0.4, 0.5) is 5.69 Å². The average Bonchev–Trinajstić information content (AvgIpc) is 2.13. The average molecular weight is 228 g/mol. The molecular weight excluding hydrogens is 214 g/mol. The zero-order valence-electron chi connectivity index (χ0n) is 8.84. The van der Waals surface area contributed by atoms with E-state index in [1.165, 1.54) is 0 Å². The van der Waals surface area contributed by atoms with Crippen molar-refractivity contribution in [2.75, 3.05) is 12.3 Å². The highest BCUT2D eigenvalue weighted by molar-refractivity contribution is 6.33. The summed E-state index contributed by atoms with van der Waals surface area (Å²) in [6.07, 6.45) is 0.168. The van der Waals surface area contributed by atoms with Crippen molar-refractivity contribution >= 4 is 23.3 Å². The van der Waals surface area contributed by atoms with Gasteiger partial charge in [-0.05, 0) is 31.0 Å². The van der Waals surface area contributed by atoms with Gasteiger partial charge in [-0.2, -0.15) is 0 Å². The predicted molar refractivity (Wildman–Crippen MR) is 60.9 cm³/mol. The van der Waals surface area contributed by atoms with Crippen LogP contribution in [0.25, 0.3) is 0 Å². The van der Waals surface area contributed by atoms with E-state index in [9.17, 15) is 4.79 Å². The van der Waals surface area contributed by atoms with Gasteiger partial charge in [0.15, 0.2) is 0 Å². The maximum Gasteiger partial charge on any atom is 0.310 e. The van der Waals surface area contributed by atoms with Crippen molar-refractivity contribution in [3.8, 4) is 0 Å². The highest BCUT2D eigenvalue weighted by Gasteiger charge is 2.10. The highest BCUT2D eigenvalue weighted by atomic mass is 35.5. The number of anilines is 1. The van der Waals surface area contributed by atoms with E-state index in [-0.39, 0.29) is 12.4 Å². The summed E-state index contributed by atoms with van der Waals surface area (Å²) < 4.78 is 4.84. The molecule has 2 N–H and O–H groups in total. The minimum absolute atomic E-state index is 0.168. The van der Waals surface area contributed by atoms with Crippen LogP contribution in [0.15, 0.2) is 12.1 Å². The Morgan fingerprint density at radius 2 is 2.20 bits per heavy atom. The molecule has 3 nitrogen and oxygen atoms in total. The third-order valence-corrected chi connectivity index (χ3v) is 2.31. The van der Waals surface area contributed by atoms with Gasteiger partial charge in [-0.15, -0.1) is 0 Å². The maximum atomic E-state index is 11.3. The number of esters is 1. The molecule has 15 heavy (non-hydrogen) atoms. The summed E-state index contributed by atoms with van der Waals surface area (Å²) in [5.41, 5.74) is 7.91. The Labute approximate surface area is 94.2 Å². The Bertz CT molecular complexity index is 377. The number of nitrogen functional groups attached to an aromatic ring is 1. The number of carbonyl (C=O) groups excluding carboxylic acids is 1. The van der Waals surface area contributed by atoms with Gasteiger partial charge in [0, 0.05) is 0 Å². The number of benzene rings is 1. The fourth-order valence-electron chi connectivity index (χ4n) is 1.34. The largest absolute Gasteiger partial charge is 0.466 e. The van der Waals surface area contributed by atoms with Gasteiger partial charge in [0.05, 0.1) is 23.7 Å². The van der Waals surface area contributed by atoms with Gasteiger partial charge in [0.1, 0.15) is 0 Å². The molecule has 0 atom stereocenters. The van der Waals surface area contributed by atoms with Crippen LogP contribution in [0.1, 0.15) is 18.1 Å². The molecule has 0 fully saturated rings. The predicted octanol–water partition coefficient (Wildman–Crippen LogP) is 2.34. The summed E-state index contributed by atoms with van der Waals surface area (Å²) in [7, 11) is 0. The van der Waals surface area contributed by atoms with E-state index in [1.807, 2.05) is 13.0 Å². The van der Waals surface area contributed by atoms with Crippen molar-refractivity contribution in [2.45, 2.75) is 20.3 Å². The van der Waals surface area contributed by atoms with Gasteiger partial charge in [-0.1, -0.05) is 17.7 Å². The number of ether oxygens (including phenoxy) is 1. The summed E-state index contributed by atoms with van der Waals surface area (Å²) >= 11 is 5.90. The molecule has 1 rings (SSSR count). The summed E-state index contributed by atoms with van der Waals surface area (Å²) in [5, 5.41) is 0.481. The van der Waals surface area contributed by atoms with E-state index >= 15 is 0 Å².